The minimum atomic E-state index is -4.22. The topological polar surface area (TPSA) is 61.0 Å². The number of hydrogen-bond donors (Lipinski definition) is 1. The second-order valence-electron chi connectivity index (χ2n) is 2.76. The van der Waals surface area contributed by atoms with E-state index in [9.17, 15) is 13.2 Å². The van der Waals surface area contributed by atoms with E-state index in [1.807, 2.05) is 0 Å². The Hall–Kier alpha value is -1.37. The van der Waals surface area contributed by atoms with Crippen LogP contribution in [0.4, 0.5) is 13.2 Å². The molecule has 0 saturated heterocycles. The second kappa shape index (κ2) is 4.92. The normalized spacial score (nSPS) is 11.5. The lowest BCUT2D eigenvalue weighted by Crippen LogP contribution is -2.13. The summed E-state index contributed by atoms with van der Waals surface area (Å²) in [4.78, 5) is 7.56. The lowest BCUT2D eigenvalue weighted by Gasteiger charge is -2.07. The Balaban J connectivity index is 2.38. The standard InChI is InChI=1S/C8H10F3N3O/c9-8(10,11)1-2-15-7-5-13-6(3-12)4-14-7/h4-5H,1-3,12H2. The Kier molecular flexibility index (Phi) is 3.84. The minimum Gasteiger partial charge on any atom is -0.476 e. The van der Waals surface area contributed by atoms with Crippen LogP contribution in [0.2, 0.25) is 0 Å². The van der Waals surface area contributed by atoms with Crippen molar-refractivity contribution in [3.05, 3.63) is 18.1 Å². The first-order valence-electron chi connectivity index (χ1n) is 4.22. The van der Waals surface area contributed by atoms with Gasteiger partial charge in [0.15, 0.2) is 0 Å². The predicted molar refractivity (Wildman–Crippen MR) is 46.1 cm³/mol. The molecule has 0 spiro atoms. The first-order valence-corrected chi connectivity index (χ1v) is 4.22. The van der Waals surface area contributed by atoms with Gasteiger partial charge in [-0.05, 0) is 0 Å². The lowest BCUT2D eigenvalue weighted by atomic mass is 10.4. The molecule has 1 aromatic heterocycles. The van der Waals surface area contributed by atoms with E-state index in [-0.39, 0.29) is 12.4 Å². The fourth-order valence-corrected chi connectivity index (χ4v) is 0.794. The molecule has 2 N–H and O–H groups in total. The molecule has 0 aliphatic carbocycles. The van der Waals surface area contributed by atoms with Crippen molar-refractivity contribution in [1.82, 2.24) is 9.97 Å². The third kappa shape index (κ3) is 4.59. The highest BCUT2D eigenvalue weighted by Gasteiger charge is 2.26. The van der Waals surface area contributed by atoms with Gasteiger partial charge in [-0.3, -0.25) is 4.98 Å². The molecule has 4 nitrogen and oxygen atoms in total. The summed E-state index contributed by atoms with van der Waals surface area (Å²) in [6.45, 7) is -0.226. The van der Waals surface area contributed by atoms with Gasteiger partial charge in [0.2, 0.25) is 5.88 Å². The van der Waals surface area contributed by atoms with E-state index < -0.39 is 19.2 Å². The van der Waals surface area contributed by atoms with E-state index in [0.29, 0.717) is 5.69 Å². The van der Waals surface area contributed by atoms with Gasteiger partial charge in [-0.25, -0.2) is 4.98 Å². The summed E-state index contributed by atoms with van der Waals surface area (Å²) in [7, 11) is 0. The van der Waals surface area contributed by atoms with Crippen LogP contribution in [0, 0.1) is 0 Å². The van der Waals surface area contributed by atoms with Crippen LogP contribution in [0.25, 0.3) is 0 Å². The SMILES string of the molecule is NCc1cnc(OCCC(F)(F)F)cn1. The zero-order valence-electron chi connectivity index (χ0n) is 7.79. The molecule has 0 atom stereocenters. The summed E-state index contributed by atoms with van der Waals surface area (Å²) < 4.78 is 40.0. The Labute approximate surface area is 84.3 Å². The highest BCUT2D eigenvalue weighted by atomic mass is 19.4. The molecule has 0 unspecified atom stereocenters. The molecule has 0 fully saturated rings. The van der Waals surface area contributed by atoms with Crippen LogP contribution in [0.15, 0.2) is 12.4 Å². The molecule has 0 saturated carbocycles. The van der Waals surface area contributed by atoms with Gasteiger partial charge >= 0.3 is 6.18 Å². The average Bonchev–Trinajstić information content (AvgIpc) is 2.17. The number of nitrogens with zero attached hydrogens (tertiary/aromatic N) is 2. The van der Waals surface area contributed by atoms with E-state index in [1.165, 1.54) is 12.4 Å². The predicted octanol–water partition coefficient (Wildman–Crippen LogP) is 1.27. The smallest absolute Gasteiger partial charge is 0.392 e. The average molecular weight is 221 g/mol. The molecular formula is C8H10F3N3O. The molecular weight excluding hydrogens is 211 g/mol. The van der Waals surface area contributed by atoms with Crippen molar-refractivity contribution in [2.45, 2.75) is 19.1 Å². The van der Waals surface area contributed by atoms with Crippen molar-refractivity contribution >= 4 is 0 Å². The Morgan fingerprint density at radius 1 is 1.27 bits per heavy atom. The molecule has 0 bridgehead atoms. The number of ether oxygens (including phenoxy) is 1. The molecule has 0 aliphatic rings. The van der Waals surface area contributed by atoms with Gasteiger partial charge < -0.3 is 10.5 Å². The number of hydrogen-bond acceptors (Lipinski definition) is 4. The molecule has 0 aliphatic heterocycles. The molecule has 1 heterocycles. The van der Waals surface area contributed by atoms with Gasteiger partial charge in [-0.1, -0.05) is 0 Å². The quantitative estimate of drug-likeness (QED) is 0.831. The summed E-state index contributed by atoms with van der Waals surface area (Å²) in [5, 5.41) is 0. The van der Waals surface area contributed by atoms with E-state index in [1.54, 1.807) is 0 Å². The maximum atomic E-state index is 11.7. The van der Waals surface area contributed by atoms with Gasteiger partial charge in [-0.15, -0.1) is 0 Å². The number of nitrogens with two attached hydrogens (primary N) is 1. The number of halogens is 3. The molecule has 15 heavy (non-hydrogen) atoms. The van der Waals surface area contributed by atoms with E-state index in [2.05, 4.69) is 9.97 Å². The van der Waals surface area contributed by atoms with Crippen molar-refractivity contribution in [3.63, 3.8) is 0 Å². The summed E-state index contributed by atoms with van der Waals surface area (Å²) in [6.07, 6.45) is -2.61. The molecule has 84 valence electrons. The van der Waals surface area contributed by atoms with Crippen LogP contribution >= 0.6 is 0 Å². The van der Waals surface area contributed by atoms with Gasteiger partial charge in [0, 0.05) is 6.54 Å². The van der Waals surface area contributed by atoms with Crippen molar-refractivity contribution < 1.29 is 17.9 Å². The summed E-state index contributed by atoms with van der Waals surface area (Å²) in [6, 6.07) is 0. The van der Waals surface area contributed by atoms with Crippen molar-refractivity contribution in [1.29, 1.82) is 0 Å². The van der Waals surface area contributed by atoms with Crippen LogP contribution in [-0.2, 0) is 6.54 Å². The highest BCUT2D eigenvalue weighted by Crippen LogP contribution is 2.19. The first kappa shape index (κ1) is 11.7. The maximum Gasteiger partial charge on any atom is 0.392 e. The van der Waals surface area contributed by atoms with Gasteiger partial charge in [0.1, 0.15) is 0 Å². The second-order valence-corrected chi connectivity index (χ2v) is 2.76. The minimum absolute atomic E-state index is 0.0662. The monoisotopic (exact) mass is 221 g/mol. The third-order valence-electron chi connectivity index (χ3n) is 1.53. The Morgan fingerprint density at radius 2 is 2.00 bits per heavy atom. The largest absolute Gasteiger partial charge is 0.476 e. The van der Waals surface area contributed by atoms with Crippen LogP contribution in [0.3, 0.4) is 0 Å². The number of aromatic nitrogens is 2. The van der Waals surface area contributed by atoms with Crippen LogP contribution in [-0.4, -0.2) is 22.8 Å². The van der Waals surface area contributed by atoms with Crippen molar-refractivity contribution in [3.8, 4) is 5.88 Å². The van der Waals surface area contributed by atoms with Crippen LogP contribution in [0.5, 0.6) is 5.88 Å². The molecule has 7 heteroatoms. The van der Waals surface area contributed by atoms with E-state index in [0.717, 1.165) is 0 Å². The molecule has 0 amide bonds. The molecule has 1 aromatic rings. The summed E-state index contributed by atoms with van der Waals surface area (Å²) in [5.41, 5.74) is 5.82. The summed E-state index contributed by atoms with van der Waals surface area (Å²) in [5.74, 6) is 0.0662. The third-order valence-corrected chi connectivity index (χ3v) is 1.53. The van der Waals surface area contributed by atoms with Gasteiger partial charge in [-0.2, -0.15) is 13.2 Å². The molecule has 0 aromatic carbocycles. The Morgan fingerprint density at radius 3 is 2.47 bits per heavy atom. The van der Waals surface area contributed by atoms with E-state index >= 15 is 0 Å². The number of rotatable bonds is 4. The number of alkyl halides is 3. The van der Waals surface area contributed by atoms with Crippen LogP contribution < -0.4 is 10.5 Å². The highest BCUT2D eigenvalue weighted by molar-refractivity contribution is 5.06. The van der Waals surface area contributed by atoms with Crippen molar-refractivity contribution in [2.75, 3.05) is 6.61 Å². The fourth-order valence-electron chi connectivity index (χ4n) is 0.794. The van der Waals surface area contributed by atoms with Gasteiger partial charge in [0.25, 0.3) is 0 Å². The zero-order chi connectivity index (χ0) is 11.3. The fraction of sp³-hybridized carbons (Fsp3) is 0.500. The molecule has 0 radical (unpaired) electrons. The van der Waals surface area contributed by atoms with Crippen molar-refractivity contribution in [2.24, 2.45) is 5.73 Å². The first-order chi connectivity index (χ1) is 7.01. The lowest BCUT2D eigenvalue weighted by molar-refractivity contribution is -0.139. The van der Waals surface area contributed by atoms with E-state index in [4.69, 9.17) is 10.5 Å². The van der Waals surface area contributed by atoms with Gasteiger partial charge in [0.05, 0.1) is 31.1 Å². The Bertz CT molecular complexity index is 299. The maximum absolute atomic E-state index is 11.7. The van der Waals surface area contributed by atoms with Crippen LogP contribution in [0.1, 0.15) is 12.1 Å². The molecule has 1 rings (SSSR count). The zero-order valence-corrected chi connectivity index (χ0v) is 7.79. The summed E-state index contributed by atoms with van der Waals surface area (Å²) >= 11 is 0.